The summed E-state index contributed by atoms with van der Waals surface area (Å²) in [6.07, 6.45) is 5.49. The maximum atomic E-state index is 12.9. The first-order chi connectivity index (χ1) is 10.6. The van der Waals surface area contributed by atoms with Gasteiger partial charge in [-0.1, -0.05) is 35.4 Å². The van der Waals surface area contributed by atoms with Crippen LogP contribution in [0, 0.1) is 35.5 Å². The number of allylic oxidation sites excluding steroid dienone is 2. The summed E-state index contributed by atoms with van der Waals surface area (Å²) in [6.45, 7) is 0. The molecule has 1 heterocycles. The predicted octanol–water partition coefficient (Wildman–Crippen LogP) is 3.55. The Morgan fingerprint density at radius 2 is 1.55 bits per heavy atom. The summed E-state index contributed by atoms with van der Waals surface area (Å²) >= 11 is 12.1. The average Bonchev–Trinajstić information content (AvgIpc) is 3.26. The summed E-state index contributed by atoms with van der Waals surface area (Å²) in [5, 5.41) is 0.839. The van der Waals surface area contributed by atoms with Crippen LogP contribution in [0.3, 0.4) is 0 Å². The number of amides is 2. The van der Waals surface area contributed by atoms with Crippen molar-refractivity contribution in [1.82, 2.24) is 0 Å². The van der Waals surface area contributed by atoms with Crippen molar-refractivity contribution in [3.63, 3.8) is 0 Å². The van der Waals surface area contributed by atoms with Gasteiger partial charge in [0, 0.05) is 5.02 Å². The zero-order valence-corrected chi connectivity index (χ0v) is 13.1. The van der Waals surface area contributed by atoms with E-state index in [1.807, 2.05) is 0 Å². The fourth-order valence-electron chi connectivity index (χ4n) is 4.86. The molecule has 1 aromatic carbocycles. The van der Waals surface area contributed by atoms with Crippen molar-refractivity contribution in [3.05, 3.63) is 40.4 Å². The number of carbonyl (C=O) groups is 2. The van der Waals surface area contributed by atoms with E-state index in [2.05, 4.69) is 12.2 Å². The van der Waals surface area contributed by atoms with Crippen LogP contribution in [-0.4, -0.2) is 11.8 Å². The van der Waals surface area contributed by atoms with Crippen LogP contribution in [0.4, 0.5) is 5.69 Å². The van der Waals surface area contributed by atoms with Crippen LogP contribution >= 0.6 is 23.2 Å². The summed E-state index contributed by atoms with van der Waals surface area (Å²) in [5.74, 6) is 1.09. The molecule has 0 unspecified atom stereocenters. The van der Waals surface area contributed by atoms with E-state index < -0.39 is 0 Å². The van der Waals surface area contributed by atoms with E-state index >= 15 is 0 Å². The molecular formula is C17H13Cl2NO2. The fraction of sp³-hybridized carbons (Fsp3) is 0.412. The highest BCUT2D eigenvalue weighted by atomic mass is 35.5. The maximum absolute atomic E-state index is 12.9. The smallest absolute Gasteiger partial charge is 0.238 e. The van der Waals surface area contributed by atoms with Crippen LogP contribution in [0.25, 0.3) is 0 Å². The zero-order chi connectivity index (χ0) is 15.2. The highest BCUT2D eigenvalue weighted by molar-refractivity contribution is 6.38. The lowest BCUT2D eigenvalue weighted by Gasteiger charge is -2.37. The van der Waals surface area contributed by atoms with Crippen molar-refractivity contribution in [2.45, 2.75) is 6.42 Å². The Morgan fingerprint density at radius 3 is 2.09 bits per heavy atom. The molecule has 3 fully saturated rings. The minimum Gasteiger partial charge on any atom is -0.274 e. The first-order valence-corrected chi connectivity index (χ1v) is 8.34. The summed E-state index contributed by atoms with van der Waals surface area (Å²) in [4.78, 5) is 27.1. The summed E-state index contributed by atoms with van der Waals surface area (Å²) in [5.41, 5.74) is 0.462. The summed E-state index contributed by atoms with van der Waals surface area (Å²) in [7, 11) is 0. The van der Waals surface area contributed by atoms with Crippen molar-refractivity contribution < 1.29 is 9.59 Å². The Morgan fingerprint density at radius 1 is 0.955 bits per heavy atom. The molecule has 112 valence electrons. The van der Waals surface area contributed by atoms with Crippen LogP contribution in [0.15, 0.2) is 30.4 Å². The lowest BCUT2D eigenvalue weighted by atomic mass is 9.63. The second-order valence-electron chi connectivity index (χ2n) is 6.76. The molecular weight excluding hydrogens is 321 g/mol. The summed E-state index contributed by atoms with van der Waals surface area (Å²) in [6, 6.07) is 4.90. The molecule has 0 radical (unpaired) electrons. The van der Waals surface area contributed by atoms with Crippen LogP contribution in [0.2, 0.25) is 10.0 Å². The molecule has 2 saturated carbocycles. The first kappa shape index (κ1) is 13.1. The van der Waals surface area contributed by atoms with Gasteiger partial charge in [-0.2, -0.15) is 0 Å². The topological polar surface area (TPSA) is 37.4 Å². The van der Waals surface area contributed by atoms with Crippen molar-refractivity contribution in [2.24, 2.45) is 35.5 Å². The minimum atomic E-state index is -0.196. The van der Waals surface area contributed by atoms with Crippen molar-refractivity contribution in [3.8, 4) is 0 Å². The third-order valence-electron chi connectivity index (χ3n) is 5.81. The lowest BCUT2D eigenvalue weighted by Crippen LogP contribution is -2.40. The standard InChI is InChI=1S/C17H13Cl2NO2/c18-7-1-4-13(12(19)5-7)20-16(21)14-8-2-3-9(11-6-10(8)11)15(14)17(20)22/h1-5,8-11,14-15H,6H2/t8-,9-,10-,11+,14-,15+/m0/s1. The van der Waals surface area contributed by atoms with E-state index in [0.29, 0.717) is 27.6 Å². The van der Waals surface area contributed by atoms with Gasteiger partial charge < -0.3 is 0 Å². The van der Waals surface area contributed by atoms with Crippen LogP contribution < -0.4 is 4.90 Å². The highest BCUT2D eigenvalue weighted by Gasteiger charge is 2.67. The minimum absolute atomic E-state index is 0.0936. The van der Waals surface area contributed by atoms with Gasteiger partial charge in [0.25, 0.3) is 0 Å². The molecule has 22 heavy (non-hydrogen) atoms. The van der Waals surface area contributed by atoms with E-state index in [0.717, 1.165) is 6.42 Å². The number of carbonyl (C=O) groups excluding carboxylic acids is 2. The van der Waals surface area contributed by atoms with E-state index in [1.54, 1.807) is 18.2 Å². The SMILES string of the molecule is O=C1[C@@H]2[C@H]3C=C[C@@H]([C@@H]4C[C@H]34)[C@@H]2C(=O)N1c1ccc(Cl)cc1Cl. The Hall–Kier alpha value is -1.32. The molecule has 0 N–H and O–H groups in total. The second kappa shape index (κ2) is 4.15. The number of hydrogen-bond donors (Lipinski definition) is 0. The Balaban J connectivity index is 1.60. The number of anilines is 1. The van der Waals surface area contributed by atoms with Gasteiger partial charge in [0.1, 0.15) is 0 Å². The molecule has 1 aliphatic heterocycles. The van der Waals surface area contributed by atoms with E-state index in [4.69, 9.17) is 23.2 Å². The molecule has 1 aromatic rings. The molecule has 0 spiro atoms. The predicted molar refractivity (Wildman–Crippen MR) is 83.7 cm³/mol. The van der Waals surface area contributed by atoms with E-state index in [-0.39, 0.29) is 35.5 Å². The van der Waals surface area contributed by atoms with Gasteiger partial charge in [0.05, 0.1) is 22.5 Å². The van der Waals surface area contributed by atoms with Gasteiger partial charge in [-0.3, -0.25) is 9.59 Å². The number of imide groups is 1. The third kappa shape index (κ3) is 1.49. The molecule has 6 rings (SSSR count). The van der Waals surface area contributed by atoms with Gasteiger partial charge >= 0.3 is 0 Å². The molecule has 5 heteroatoms. The molecule has 3 nitrogen and oxygen atoms in total. The van der Waals surface area contributed by atoms with E-state index in [9.17, 15) is 9.59 Å². The maximum Gasteiger partial charge on any atom is 0.238 e. The van der Waals surface area contributed by atoms with Gasteiger partial charge in [-0.25, -0.2) is 4.90 Å². The third-order valence-corrected chi connectivity index (χ3v) is 6.35. The quantitative estimate of drug-likeness (QED) is 0.582. The van der Waals surface area contributed by atoms with Crippen LogP contribution in [-0.2, 0) is 9.59 Å². The molecule has 4 aliphatic carbocycles. The van der Waals surface area contributed by atoms with Crippen molar-refractivity contribution in [1.29, 1.82) is 0 Å². The Bertz CT molecular complexity index is 723. The van der Waals surface area contributed by atoms with Gasteiger partial charge in [-0.05, 0) is 48.3 Å². The molecule has 2 amide bonds. The number of halogens is 2. The van der Waals surface area contributed by atoms with Gasteiger partial charge in [0.2, 0.25) is 11.8 Å². The Labute approximate surface area is 137 Å². The van der Waals surface area contributed by atoms with Crippen molar-refractivity contribution in [2.75, 3.05) is 4.90 Å². The van der Waals surface area contributed by atoms with Gasteiger partial charge in [0.15, 0.2) is 0 Å². The van der Waals surface area contributed by atoms with Crippen molar-refractivity contribution >= 4 is 40.7 Å². The second-order valence-corrected chi connectivity index (χ2v) is 7.61. The highest BCUT2D eigenvalue weighted by Crippen LogP contribution is 2.65. The molecule has 1 saturated heterocycles. The first-order valence-electron chi connectivity index (χ1n) is 7.59. The van der Waals surface area contributed by atoms with Gasteiger partial charge in [-0.15, -0.1) is 0 Å². The molecule has 2 bridgehead atoms. The van der Waals surface area contributed by atoms with E-state index in [1.165, 1.54) is 4.90 Å². The Kier molecular flexibility index (Phi) is 2.48. The molecule has 0 aromatic heterocycles. The largest absolute Gasteiger partial charge is 0.274 e. The fourth-order valence-corrected chi connectivity index (χ4v) is 5.35. The lowest BCUT2D eigenvalue weighted by molar-refractivity contribution is -0.124. The van der Waals surface area contributed by atoms with Crippen LogP contribution in [0.5, 0.6) is 0 Å². The average molecular weight is 334 g/mol. The zero-order valence-electron chi connectivity index (χ0n) is 11.6. The number of nitrogens with zero attached hydrogens (tertiary/aromatic N) is 1. The summed E-state index contributed by atoms with van der Waals surface area (Å²) < 4.78 is 0. The molecule has 6 atom stereocenters. The number of hydrogen-bond acceptors (Lipinski definition) is 2. The monoisotopic (exact) mass is 333 g/mol. The number of benzene rings is 1. The molecule has 5 aliphatic rings. The number of rotatable bonds is 1. The normalized spacial score (nSPS) is 40.9. The van der Waals surface area contributed by atoms with Crippen LogP contribution in [0.1, 0.15) is 6.42 Å².